The molecule has 2 aromatic heterocycles. The number of piperazine rings is 1. The highest BCUT2D eigenvalue weighted by Crippen LogP contribution is 2.23. The molecule has 0 N–H and O–H groups in total. The van der Waals surface area contributed by atoms with E-state index in [1.54, 1.807) is 17.4 Å². The number of hydrogen-bond acceptors (Lipinski definition) is 5. The standard InChI is InChI=1S/C20H22N4O2S/c1-14(2)24-19(25)16-7-4-3-6-15(16)18(21-24)20(26)23-11-9-22(10-12-23)17-8-5-13-27-17/h3-8,13-14H,9-12H2,1-2H3. The molecular weight excluding hydrogens is 360 g/mol. The number of carbonyl (C=O) groups excluding carboxylic acids is 1. The lowest BCUT2D eigenvalue weighted by molar-refractivity contribution is 0.0740. The van der Waals surface area contributed by atoms with Gasteiger partial charge in [-0.3, -0.25) is 9.59 Å². The summed E-state index contributed by atoms with van der Waals surface area (Å²) in [5.74, 6) is -0.105. The minimum atomic E-state index is -0.153. The average molecular weight is 382 g/mol. The normalized spacial score (nSPS) is 14.9. The van der Waals surface area contributed by atoms with Crippen molar-refractivity contribution in [1.82, 2.24) is 14.7 Å². The van der Waals surface area contributed by atoms with E-state index in [2.05, 4.69) is 21.4 Å². The maximum atomic E-state index is 13.2. The predicted molar refractivity (Wildman–Crippen MR) is 109 cm³/mol. The molecule has 4 rings (SSSR count). The van der Waals surface area contributed by atoms with Gasteiger partial charge >= 0.3 is 0 Å². The molecule has 3 heterocycles. The van der Waals surface area contributed by atoms with Gasteiger partial charge in [-0.2, -0.15) is 5.10 Å². The van der Waals surface area contributed by atoms with Crippen molar-refractivity contribution < 1.29 is 4.79 Å². The quantitative estimate of drug-likeness (QED) is 0.699. The number of aromatic nitrogens is 2. The molecular formula is C20H22N4O2S. The van der Waals surface area contributed by atoms with Crippen LogP contribution in [0.25, 0.3) is 10.8 Å². The van der Waals surface area contributed by atoms with Gasteiger partial charge < -0.3 is 9.80 Å². The third-order valence-corrected chi connectivity index (χ3v) is 5.83. The van der Waals surface area contributed by atoms with Gasteiger partial charge in [0.2, 0.25) is 0 Å². The molecule has 0 aliphatic carbocycles. The van der Waals surface area contributed by atoms with Crippen molar-refractivity contribution in [1.29, 1.82) is 0 Å². The zero-order valence-corrected chi connectivity index (χ0v) is 16.3. The van der Waals surface area contributed by atoms with Crippen LogP contribution in [0.3, 0.4) is 0 Å². The first-order valence-electron chi connectivity index (χ1n) is 9.15. The molecule has 0 radical (unpaired) electrons. The molecule has 3 aromatic rings. The number of thiophene rings is 1. The molecule has 140 valence electrons. The van der Waals surface area contributed by atoms with E-state index in [-0.39, 0.29) is 17.5 Å². The van der Waals surface area contributed by atoms with Crippen molar-refractivity contribution in [3.8, 4) is 0 Å². The van der Waals surface area contributed by atoms with E-state index >= 15 is 0 Å². The molecule has 0 atom stereocenters. The monoisotopic (exact) mass is 382 g/mol. The fraction of sp³-hybridized carbons (Fsp3) is 0.350. The molecule has 0 saturated carbocycles. The van der Waals surface area contributed by atoms with E-state index in [4.69, 9.17) is 0 Å². The topological polar surface area (TPSA) is 58.4 Å². The maximum absolute atomic E-state index is 13.2. The van der Waals surface area contributed by atoms with Crippen molar-refractivity contribution in [3.63, 3.8) is 0 Å². The summed E-state index contributed by atoms with van der Waals surface area (Å²) in [5, 5.41) is 8.92. The van der Waals surface area contributed by atoms with Crippen molar-refractivity contribution in [2.45, 2.75) is 19.9 Å². The molecule has 1 saturated heterocycles. The molecule has 27 heavy (non-hydrogen) atoms. The Bertz CT molecular complexity index is 1020. The van der Waals surface area contributed by atoms with Gasteiger partial charge in [-0.15, -0.1) is 11.3 Å². The first-order chi connectivity index (χ1) is 13.1. The second-order valence-electron chi connectivity index (χ2n) is 6.97. The van der Waals surface area contributed by atoms with Crippen LogP contribution >= 0.6 is 11.3 Å². The maximum Gasteiger partial charge on any atom is 0.275 e. The summed E-state index contributed by atoms with van der Waals surface area (Å²) in [6.45, 7) is 6.69. The van der Waals surface area contributed by atoms with Gasteiger partial charge in [-0.1, -0.05) is 18.2 Å². The minimum absolute atomic E-state index is 0.105. The van der Waals surface area contributed by atoms with Gasteiger partial charge in [-0.25, -0.2) is 4.68 Å². The van der Waals surface area contributed by atoms with Crippen LogP contribution in [-0.4, -0.2) is 46.8 Å². The highest BCUT2D eigenvalue weighted by atomic mass is 32.1. The molecule has 0 bridgehead atoms. The van der Waals surface area contributed by atoms with E-state index < -0.39 is 0 Å². The van der Waals surface area contributed by atoms with Crippen LogP contribution in [0, 0.1) is 0 Å². The Balaban J connectivity index is 1.65. The Morgan fingerprint density at radius 2 is 1.74 bits per heavy atom. The highest BCUT2D eigenvalue weighted by Gasteiger charge is 2.26. The van der Waals surface area contributed by atoms with Gasteiger partial charge in [0, 0.05) is 31.6 Å². The Hall–Kier alpha value is -2.67. The second-order valence-corrected chi connectivity index (χ2v) is 7.89. The smallest absolute Gasteiger partial charge is 0.275 e. The van der Waals surface area contributed by atoms with E-state index in [0.717, 1.165) is 13.1 Å². The third kappa shape index (κ3) is 3.23. The summed E-state index contributed by atoms with van der Waals surface area (Å²) < 4.78 is 1.41. The van der Waals surface area contributed by atoms with Gasteiger partial charge in [0.25, 0.3) is 11.5 Å². The Morgan fingerprint density at radius 1 is 1.04 bits per heavy atom. The summed E-state index contributed by atoms with van der Waals surface area (Å²) >= 11 is 1.72. The number of anilines is 1. The van der Waals surface area contributed by atoms with Crippen molar-refractivity contribution in [3.05, 3.63) is 57.8 Å². The number of rotatable bonds is 3. The summed E-state index contributed by atoms with van der Waals surface area (Å²) in [6.07, 6.45) is 0. The van der Waals surface area contributed by atoms with Gasteiger partial charge in [-0.05, 0) is 37.4 Å². The lowest BCUT2D eigenvalue weighted by Crippen LogP contribution is -2.49. The van der Waals surface area contributed by atoms with Gasteiger partial charge in [0.15, 0.2) is 5.69 Å². The van der Waals surface area contributed by atoms with Crippen LogP contribution in [-0.2, 0) is 0 Å². The molecule has 6 nitrogen and oxygen atoms in total. The second kappa shape index (κ2) is 7.15. The van der Waals surface area contributed by atoms with Crippen LogP contribution in [0.15, 0.2) is 46.6 Å². The van der Waals surface area contributed by atoms with E-state index in [0.29, 0.717) is 29.6 Å². The van der Waals surface area contributed by atoms with E-state index in [1.807, 2.05) is 43.0 Å². The van der Waals surface area contributed by atoms with E-state index in [1.165, 1.54) is 9.68 Å². The lowest BCUT2D eigenvalue weighted by atomic mass is 10.1. The number of benzene rings is 1. The van der Waals surface area contributed by atoms with Crippen LogP contribution < -0.4 is 10.5 Å². The SMILES string of the molecule is CC(C)n1nc(C(=O)N2CCN(c3cccs3)CC2)c2ccccc2c1=O. The molecule has 0 spiro atoms. The van der Waals surface area contributed by atoms with Crippen LogP contribution in [0.5, 0.6) is 0 Å². The van der Waals surface area contributed by atoms with Crippen LogP contribution in [0.1, 0.15) is 30.4 Å². The summed E-state index contributed by atoms with van der Waals surface area (Å²) in [6, 6.07) is 11.3. The van der Waals surface area contributed by atoms with Crippen LogP contribution in [0.2, 0.25) is 0 Å². The third-order valence-electron chi connectivity index (χ3n) is 4.90. The summed E-state index contributed by atoms with van der Waals surface area (Å²) in [5.41, 5.74) is 0.211. The predicted octanol–water partition coefficient (Wildman–Crippen LogP) is 3.00. The van der Waals surface area contributed by atoms with Crippen molar-refractivity contribution in [2.75, 3.05) is 31.1 Å². The van der Waals surface area contributed by atoms with Crippen LogP contribution in [0.4, 0.5) is 5.00 Å². The van der Waals surface area contributed by atoms with Gasteiger partial charge in [0.05, 0.1) is 16.4 Å². The number of fused-ring (bicyclic) bond motifs is 1. The molecule has 1 aromatic carbocycles. The number of nitrogens with zero attached hydrogens (tertiary/aromatic N) is 4. The Morgan fingerprint density at radius 3 is 2.37 bits per heavy atom. The first-order valence-corrected chi connectivity index (χ1v) is 10.0. The zero-order valence-electron chi connectivity index (χ0n) is 15.5. The lowest BCUT2D eigenvalue weighted by Gasteiger charge is -2.35. The van der Waals surface area contributed by atoms with Gasteiger partial charge in [0.1, 0.15) is 0 Å². The van der Waals surface area contributed by atoms with E-state index in [9.17, 15) is 9.59 Å². The molecule has 1 amide bonds. The average Bonchev–Trinajstić information content (AvgIpc) is 3.23. The molecule has 7 heteroatoms. The number of hydrogen-bond donors (Lipinski definition) is 0. The zero-order chi connectivity index (χ0) is 19.0. The summed E-state index contributed by atoms with van der Waals surface area (Å²) in [4.78, 5) is 30.0. The molecule has 1 aliphatic heterocycles. The number of amides is 1. The fourth-order valence-corrected chi connectivity index (χ4v) is 4.23. The highest BCUT2D eigenvalue weighted by molar-refractivity contribution is 7.14. The minimum Gasteiger partial charge on any atom is -0.360 e. The van der Waals surface area contributed by atoms with Crippen molar-refractivity contribution in [2.24, 2.45) is 0 Å². The summed E-state index contributed by atoms with van der Waals surface area (Å²) in [7, 11) is 0. The Kier molecular flexibility index (Phi) is 4.70. The molecule has 0 unspecified atom stereocenters. The fourth-order valence-electron chi connectivity index (χ4n) is 3.44. The Labute approximate surface area is 161 Å². The largest absolute Gasteiger partial charge is 0.360 e. The first kappa shape index (κ1) is 17.7. The number of carbonyl (C=O) groups is 1. The van der Waals surface area contributed by atoms with Crippen molar-refractivity contribution >= 4 is 33.0 Å². The molecule has 1 aliphatic rings. The molecule has 1 fully saturated rings.